The van der Waals surface area contributed by atoms with E-state index >= 15 is 0 Å². The van der Waals surface area contributed by atoms with Gasteiger partial charge in [-0.15, -0.1) is 0 Å². The van der Waals surface area contributed by atoms with Crippen LogP contribution in [0.5, 0.6) is 0 Å². The number of nitrogens with zero attached hydrogens (tertiary/aromatic N) is 1. The number of benzene rings is 1. The van der Waals surface area contributed by atoms with Gasteiger partial charge in [-0.1, -0.05) is 6.07 Å². The van der Waals surface area contributed by atoms with E-state index in [0.29, 0.717) is 6.54 Å². The molecule has 0 aromatic heterocycles. The highest BCUT2D eigenvalue weighted by Gasteiger charge is 2.50. The van der Waals surface area contributed by atoms with Crippen molar-refractivity contribution < 1.29 is 9.18 Å². The van der Waals surface area contributed by atoms with E-state index < -0.39 is 5.54 Å². The lowest BCUT2D eigenvalue weighted by atomic mass is 9.90. The summed E-state index contributed by atoms with van der Waals surface area (Å²) in [6.07, 6.45) is 2.00. The second-order valence-corrected chi connectivity index (χ2v) is 6.24. The summed E-state index contributed by atoms with van der Waals surface area (Å²) in [6.45, 7) is 4.44. The Morgan fingerprint density at radius 1 is 1.52 bits per heavy atom. The molecule has 1 unspecified atom stereocenters. The van der Waals surface area contributed by atoms with Gasteiger partial charge in [-0.3, -0.25) is 10.1 Å². The Kier molecular flexibility index (Phi) is 4.52. The first-order valence-corrected chi connectivity index (χ1v) is 7.39. The van der Waals surface area contributed by atoms with Gasteiger partial charge in [-0.2, -0.15) is 0 Å². The molecule has 1 atom stereocenters. The Morgan fingerprint density at radius 3 is 2.67 bits per heavy atom. The predicted molar refractivity (Wildman–Crippen MR) is 82.6 cm³/mol. The van der Waals surface area contributed by atoms with Gasteiger partial charge in [0.1, 0.15) is 11.4 Å². The zero-order valence-corrected chi connectivity index (χ0v) is 12.9. The summed E-state index contributed by atoms with van der Waals surface area (Å²) < 4.78 is 13.4. The number of primary amides is 1. The topological polar surface area (TPSA) is 58.4 Å². The zero-order chi connectivity index (χ0) is 15.6. The van der Waals surface area contributed by atoms with E-state index in [-0.39, 0.29) is 23.7 Å². The van der Waals surface area contributed by atoms with E-state index in [1.54, 1.807) is 6.07 Å². The fourth-order valence-corrected chi connectivity index (χ4v) is 2.91. The average molecular weight is 293 g/mol. The van der Waals surface area contributed by atoms with Crippen molar-refractivity contribution in [1.82, 2.24) is 5.32 Å². The molecule has 21 heavy (non-hydrogen) atoms. The van der Waals surface area contributed by atoms with Gasteiger partial charge >= 0.3 is 0 Å². The van der Waals surface area contributed by atoms with Crippen molar-refractivity contribution in [2.75, 3.05) is 18.5 Å². The molecule has 0 bridgehead atoms. The summed E-state index contributed by atoms with van der Waals surface area (Å²) in [5, 5.41) is 3.36. The Hall–Kier alpha value is -1.62. The van der Waals surface area contributed by atoms with Crippen LogP contribution in [0.2, 0.25) is 0 Å². The van der Waals surface area contributed by atoms with Gasteiger partial charge in [0.25, 0.3) is 0 Å². The number of hydrogen-bond acceptors (Lipinski definition) is 3. The van der Waals surface area contributed by atoms with Crippen LogP contribution in [0, 0.1) is 11.7 Å². The van der Waals surface area contributed by atoms with Gasteiger partial charge in [0.2, 0.25) is 5.91 Å². The number of nitrogens with two attached hydrogens (primary N) is 1. The number of hydrogen-bond donors (Lipinski definition) is 2. The van der Waals surface area contributed by atoms with E-state index in [1.165, 1.54) is 12.1 Å². The third-order valence-corrected chi connectivity index (χ3v) is 4.00. The third kappa shape index (κ3) is 3.53. The van der Waals surface area contributed by atoms with E-state index in [2.05, 4.69) is 5.32 Å². The number of anilines is 1. The molecular formula is C16H24FN3O. The van der Waals surface area contributed by atoms with Gasteiger partial charge in [0.15, 0.2) is 0 Å². The molecule has 0 saturated heterocycles. The number of halogens is 1. The van der Waals surface area contributed by atoms with Crippen LogP contribution in [0.4, 0.5) is 10.1 Å². The van der Waals surface area contributed by atoms with E-state index in [4.69, 9.17) is 5.73 Å². The van der Waals surface area contributed by atoms with Crippen molar-refractivity contribution in [1.29, 1.82) is 0 Å². The molecule has 2 rings (SSSR count). The lowest BCUT2D eigenvalue weighted by Gasteiger charge is -2.38. The molecule has 3 N–H and O–H groups in total. The maximum Gasteiger partial charge on any atom is 0.239 e. The van der Waals surface area contributed by atoms with Crippen LogP contribution >= 0.6 is 0 Å². The quantitative estimate of drug-likeness (QED) is 0.807. The van der Waals surface area contributed by atoms with Crippen molar-refractivity contribution in [3.8, 4) is 0 Å². The Balaban J connectivity index is 2.23. The molecule has 116 valence electrons. The number of carbonyl (C=O) groups is 1. The lowest BCUT2D eigenvalue weighted by molar-refractivity contribution is -0.125. The summed E-state index contributed by atoms with van der Waals surface area (Å²) in [6, 6.07) is 6.52. The zero-order valence-electron chi connectivity index (χ0n) is 12.9. The minimum atomic E-state index is -0.755. The molecule has 1 aromatic carbocycles. The van der Waals surface area contributed by atoms with Crippen molar-refractivity contribution in [3.05, 3.63) is 30.1 Å². The third-order valence-electron chi connectivity index (χ3n) is 4.00. The summed E-state index contributed by atoms with van der Waals surface area (Å²) in [7, 11) is 1.86. The Labute approximate surface area is 125 Å². The molecule has 0 heterocycles. The molecule has 1 aliphatic carbocycles. The lowest BCUT2D eigenvalue weighted by Crippen LogP contribution is -2.64. The van der Waals surface area contributed by atoms with Crippen LogP contribution in [0.25, 0.3) is 0 Å². The fraction of sp³-hybridized carbons (Fsp3) is 0.562. The number of rotatable bonds is 7. The van der Waals surface area contributed by atoms with Crippen LogP contribution in [0.3, 0.4) is 0 Å². The number of amides is 1. The normalized spacial score (nSPS) is 17.6. The summed E-state index contributed by atoms with van der Waals surface area (Å²) in [5.74, 6) is -0.359. The molecule has 0 spiro atoms. The molecule has 1 fully saturated rings. The molecule has 1 amide bonds. The molecule has 4 nitrogen and oxygen atoms in total. The van der Waals surface area contributed by atoms with Crippen molar-refractivity contribution in [2.24, 2.45) is 11.7 Å². The number of nitrogens with one attached hydrogen (secondary N) is 1. The van der Waals surface area contributed by atoms with Crippen molar-refractivity contribution >= 4 is 11.6 Å². The molecular weight excluding hydrogens is 269 g/mol. The first-order valence-electron chi connectivity index (χ1n) is 7.39. The van der Waals surface area contributed by atoms with Crippen molar-refractivity contribution in [2.45, 2.75) is 38.3 Å². The molecule has 5 heteroatoms. The van der Waals surface area contributed by atoms with E-state index in [0.717, 1.165) is 18.5 Å². The maximum atomic E-state index is 13.4. The predicted octanol–water partition coefficient (Wildman–Crippen LogP) is 1.89. The minimum absolute atomic E-state index is 0.152. The molecule has 1 aromatic rings. The number of carbonyl (C=O) groups excluding carboxylic acids is 1. The van der Waals surface area contributed by atoms with Gasteiger partial charge in [-0.25, -0.2) is 4.39 Å². The minimum Gasteiger partial charge on any atom is -0.372 e. The largest absolute Gasteiger partial charge is 0.372 e. The second-order valence-electron chi connectivity index (χ2n) is 6.24. The van der Waals surface area contributed by atoms with Crippen LogP contribution in [0.1, 0.15) is 26.7 Å². The van der Waals surface area contributed by atoms with E-state index in [9.17, 15) is 9.18 Å². The monoisotopic (exact) mass is 293 g/mol. The SMILES string of the molecule is CC(C)NC(CN(C)c1cccc(F)c1)(C(N)=O)C1CC1. The van der Waals surface area contributed by atoms with Gasteiger partial charge < -0.3 is 10.6 Å². The maximum absolute atomic E-state index is 13.4. The van der Waals surface area contributed by atoms with Gasteiger partial charge in [0.05, 0.1) is 0 Å². The second kappa shape index (κ2) is 6.02. The van der Waals surface area contributed by atoms with Gasteiger partial charge in [-0.05, 0) is 50.8 Å². The Morgan fingerprint density at radius 2 is 2.19 bits per heavy atom. The van der Waals surface area contributed by atoms with Crippen LogP contribution in [-0.2, 0) is 4.79 Å². The molecule has 1 aliphatic rings. The average Bonchev–Trinajstić information content (AvgIpc) is 3.21. The van der Waals surface area contributed by atoms with E-state index in [1.807, 2.05) is 31.9 Å². The molecule has 0 radical (unpaired) electrons. The summed E-state index contributed by atoms with van der Waals surface area (Å²) in [5.41, 5.74) is 5.70. The summed E-state index contributed by atoms with van der Waals surface area (Å²) in [4.78, 5) is 14.0. The van der Waals surface area contributed by atoms with Crippen LogP contribution in [-0.4, -0.2) is 31.1 Å². The Bertz CT molecular complexity index is 516. The smallest absolute Gasteiger partial charge is 0.239 e. The standard InChI is InChI=1S/C16H24FN3O/c1-11(2)19-16(15(18)21,12-7-8-12)10-20(3)14-6-4-5-13(17)9-14/h4-6,9,11-12,19H,7-8,10H2,1-3H3,(H2,18,21). The molecule has 1 saturated carbocycles. The van der Waals surface area contributed by atoms with Crippen LogP contribution < -0.4 is 16.0 Å². The highest BCUT2D eigenvalue weighted by atomic mass is 19.1. The highest BCUT2D eigenvalue weighted by molar-refractivity contribution is 5.86. The first-order chi connectivity index (χ1) is 9.85. The van der Waals surface area contributed by atoms with Crippen LogP contribution in [0.15, 0.2) is 24.3 Å². The fourth-order valence-electron chi connectivity index (χ4n) is 2.91. The van der Waals surface area contributed by atoms with Gasteiger partial charge in [0, 0.05) is 25.3 Å². The highest BCUT2D eigenvalue weighted by Crippen LogP contribution is 2.40. The first kappa shape index (κ1) is 15.8. The molecule has 0 aliphatic heterocycles. The summed E-state index contributed by atoms with van der Waals surface area (Å²) >= 11 is 0. The number of likely N-dealkylation sites (N-methyl/N-ethyl adjacent to an activating group) is 1. The van der Waals surface area contributed by atoms with Crippen molar-refractivity contribution in [3.63, 3.8) is 0 Å².